The number of likely N-dealkylation sites (tertiary alicyclic amines) is 1. The van der Waals surface area contributed by atoms with Crippen molar-refractivity contribution in [2.75, 3.05) is 31.1 Å². The van der Waals surface area contributed by atoms with E-state index in [1.54, 1.807) is 17.0 Å². The van der Waals surface area contributed by atoms with Gasteiger partial charge in [-0.05, 0) is 43.2 Å². The lowest BCUT2D eigenvalue weighted by Gasteiger charge is -2.36. The number of anilines is 1. The Morgan fingerprint density at radius 3 is 2.62 bits per heavy atom. The van der Waals surface area contributed by atoms with Crippen LogP contribution in [0.25, 0.3) is 0 Å². The quantitative estimate of drug-likeness (QED) is 0.658. The van der Waals surface area contributed by atoms with Crippen molar-refractivity contribution in [3.63, 3.8) is 0 Å². The van der Waals surface area contributed by atoms with Gasteiger partial charge in [0.2, 0.25) is 0 Å². The molecule has 0 aromatic heterocycles. The van der Waals surface area contributed by atoms with Crippen LogP contribution in [0.2, 0.25) is 0 Å². The van der Waals surface area contributed by atoms with Crippen molar-refractivity contribution in [1.29, 1.82) is 0 Å². The van der Waals surface area contributed by atoms with E-state index in [0.29, 0.717) is 36.2 Å². The Labute approximate surface area is 154 Å². The maximum absolute atomic E-state index is 12.8. The molecule has 7 nitrogen and oxygen atoms in total. The number of hydrogen-bond acceptors (Lipinski definition) is 5. The van der Waals surface area contributed by atoms with Crippen LogP contribution in [-0.4, -0.2) is 48.0 Å². The summed E-state index contributed by atoms with van der Waals surface area (Å²) in [5.74, 6) is 0.831. The average Bonchev–Trinajstić information content (AvgIpc) is 3.08. The number of nitrogens with zero attached hydrogens (tertiary/aromatic N) is 3. The number of nitro groups is 1. The molecule has 0 aliphatic carbocycles. The van der Waals surface area contributed by atoms with E-state index >= 15 is 0 Å². The standard InChI is InChI=1S/C19H28N4O3/c1-13-8-14(2)12-21(11-13)17-6-5-15(9-18(17)23(25)26)19(24)22-7-3-4-16(22)10-20/h5-6,9,13-14,16H,3-4,7-8,10-12,20H2,1-2H3. The minimum absolute atomic E-state index is 0.0145. The first-order valence-electron chi connectivity index (χ1n) is 9.45. The van der Waals surface area contributed by atoms with E-state index in [2.05, 4.69) is 18.7 Å². The minimum atomic E-state index is -0.375. The van der Waals surface area contributed by atoms with Crippen molar-refractivity contribution < 1.29 is 9.72 Å². The minimum Gasteiger partial charge on any atom is -0.365 e. The molecule has 2 N–H and O–H groups in total. The van der Waals surface area contributed by atoms with E-state index in [0.717, 1.165) is 32.4 Å². The molecule has 3 rings (SSSR count). The predicted molar refractivity (Wildman–Crippen MR) is 101 cm³/mol. The Bertz CT molecular complexity index is 683. The Morgan fingerprint density at radius 2 is 2.00 bits per heavy atom. The molecule has 26 heavy (non-hydrogen) atoms. The summed E-state index contributed by atoms with van der Waals surface area (Å²) >= 11 is 0. The monoisotopic (exact) mass is 360 g/mol. The first kappa shape index (κ1) is 18.6. The third-order valence-corrected chi connectivity index (χ3v) is 5.54. The third-order valence-electron chi connectivity index (χ3n) is 5.54. The van der Waals surface area contributed by atoms with Gasteiger partial charge in [-0.2, -0.15) is 0 Å². The van der Waals surface area contributed by atoms with E-state index in [1.807, 2.05) is 0 Å². The largest absolute Gasteiger partial charge is 0.365 e. The Kier molecular flexibility index (Phi) is 5.46. The lowest BCUT2D eigenvalue weighted by molar-refractivity contribution is -0.384. The number of piperidine rings is 1. The summed E-state index contributed by atoms with van der Waals surface area (Å²) in [5.41, 5.74) is 6.76. The molecule has 0 saturated carbocycles. The first-order chi connectivity index (χ1) is 12.4. The van der Waals surface area contributed by atoms with Gasteiger partial charge in [-0.25, -0.2) is 0 Å². The summed E-state index contributed by atoms with van der Waals surface area (Å²) in [6, 6.07) is 4.93. The van der Waals surface area contributed by atoms with E-state index in [1.165, 1.54) is 6.07 Å². The molecular weight excluding hydrogens is 332 g/mol. The molecule has 1 amide bonds. The summed E-state index contributed by atoms with van der Waals surface area (Å²) in [6.07, 6.45) is 2.96. The normalized spacial score (nSPS) is 26.2. The fraction of sp³-hybridized carbons (Fsp3) is 0.632. The van der Waals surface area contributed by atoms with Gasteiger partial charge in [0.1, 0.15) is 5.69 Å². The van der Waals surface area contributed by atoms with Crippen LogP contribution in [-0.2, 0) is 0 Å². The van der Waals surface area contributed by atoms with Crippen LogP contribution in [0, 0.1) is 22.0 Å². The van der Waals surface area contributed by atoms with Gasteiger partial charge in [-0.15, -0.1) is 0 Å². The highest BCUT2D eigenvalue weighted by Crippen LogP contribution is 2.34. The fourth-order valence-electron chi connectivity index (χ4n) is 4.44. The van der Waals surface area contributed by atoms with Gasteiger partial charge in [0.15, 0.2) is 0 Å². The van der Waals surface area contributed by atoms with Gasteiger partial charge in [-0.3, -0.25) is 14.9 Å². The van der Waals surface area contributed by atoms with Crippen molar-refractivity contribution in [3.05, 3.63) is 33.9 Å². The molecule has 0 radical (unpaired) electrons. The molecule has 2 aliphatic rings. The molecule has 2 saturated heterocycles. The topological polar surface area (TPSA) is 92.7 Å². The van der Waals surface area contributed by atoms with Crippen LogP contribution >= 0.6 is 0 Å². The Balaban J connectivity index is 1.89. The van der Waals surface area contributed by atoms with Crippen LogP contribution < -0.4 is 10.6 Å². The summed E-state index contributed by atoms with van der Waals surface area (Å²) in [7, 11) is 0. The molecule has 0 spiro atoms. The highest BCUT2D eigenvalue weighted by molar-refractivity contribution is 5.96. The van der Waals surface area contributed by atoms with Crippen molar-refractivity contribution in [1.82, 2.24) is 4.90 Å². The lowest BCUT2D eigenvalue weighted by atomic mass is 9.91. The molecule has 1 aromatic carbocycles. The maximum Gasteiger partial charge on any atom is 0.293 e. The van der Waals surface area contributed by atoms with Crippen molar-refractivity contribution in [2.24, 2.45) is 17.6 Å². The average molecular weight is 360 g/mol. The number of hydrogen-bond donors (Lipinski definition) is 1. The number of carbonyl (C=O) groups excluding carboxylic acids is 1. The van der Waals surface area contributed by atoms with Gasteiger partial charge >= 0.3 is 0 Å². The zero-order chi connectivity index (χ0) is 18.8. The van der Waals surface area contributed by atoms with Gasteiger partial charge in [0.25, 0.3) is 11.6 Å². The Morgan fingerprint density at radius 1 is 1.31 bits per heavy atom. The van der Waals surface area contributed by atoms with Gasteiger partial charge < -0.3 is 15.5 Å². The van der Waals surface area contributed by atoms with Crippen molar-refractivity contribution >= 4 is 17.3 Å². The molecule has 0 bridgehead atoms. The number of benzene rings is 1. The molecule has 2 fully saturated rings. The van der Waals surface area contributed by atoms with E-state index in [-0.39, 0.29) is 22.6 Å². The first-order valence-corrected chi connectivity index (χ1v) is 9.45. The van der Waals surface area contributed by atoms with Crippen LogP contribution in [0.1, 0.15) is 43.5 Å². The fourth-order valence-corrected chi connectivity index (χ4v) is 4.44. The number of rotatable bonds is 4. The zero-order valence-electron chi connectivity index (χ0n) is 15.6. The molecule has 3 atom stereocenters. The van der Waals surface area contributed by atoms with Gasteiger partial charge in [0.05, 0.1) is 4.92 Å². The lowest BCUT2D eigenvalue weighted by Crippen LogP contribution is -2.40. The molecule has 7 heteroatoms. The summed E-state index contributed by atoms with van der Waals surface area (Å²) in [6.45, 7) is 7.05. The number of nitro benzene ring substituents is 1. The molecule has 2 aliphatic heterocycles. The smallest absolute Gasteiger partial charge is 0.293 e. The highest BCUT2D eigenvalue weighted by Gasteiger charge is 2.31. The second-order valence-corrected chi connectivity index (χ2v) is 7.84. The number of carbonyl (C=O) groups is 1. The van der Waals surface area contributed by atoms with E-state index < -0.39 is 0 Å². The van der Waals surface area contributed by atoms with E-state index in [9.17, 15) is 14.9 Å². The third kappa shape index (κ3) is 3.67. The van der Waals surface area contributed by atoms with Gasteiger partial charge in [-0.1, -0.05) is 13.8 Å². The maximum atomic E-state index is 12.8. The molecular formula is C19H28N4O3. The second-order valence-electron chi connectivity index (χ2n) is 7.84. The van der Waals surface area contributed by atoms with E-state index in [4.69, 9.17) is 5.73 Å². The second kappa shape index (κ2) is 7.61. The number of nitrogens with two attached hydrogens (primary N) is 1. The van der Waals surface area contributed by atoms with Crippen LogP contribution in [0.3, 0.4) is 0 Å². The molecule has 142 valence electrons. The summed E-state index contributed by atoms with van der Waals surface area (Å²) < 4.78 is 0. The van der Waals surface area contributed by atoms with Gasteiger partial charge in [0, 0.05) is 43.9 Å². The molecule has 2 heterocycles. The van der Waals surface area contributed by atoms with Crippen LogP contribution in [0.4, 0.5) is 11.4 Å². The molecule has 1 aromatic rings. The van der Waals surface area contributed by atoms with Crippen molar-refractivity contribution in [2.45, 2.75) is 39.2 Å². The predicted octanol–water partition coefficient (Wildman–Crippen LogP) is 2.64. The summed E-state index contributed by atoms with van der Waals surface area (Å²) in [5, 5.41) is 11.7. The zero-order valence-corrected chi connectivity index (χ0v) is 15.6. The molecule has 3 unspecified atom stereocenters. The van der Waals surface area contributed by atoms with Crippen LogP contribution in [0.15, 0.2) is 18.2 Å². The number of amides is 1. The van der Waals surface area contributed by atoms with Crippen LogP contribution in [0.5, 0.6) is 0 Å². The summed E-state index contributed by atoms with van der Waals surface area (Å²) in [4.78, 5) is 28.0. The van der Waals surface area contributed by atoms with Crippen molar-refractivity contribution in [3.8, 4) is 0 Å². The SMILES string of the molecule is CC1CC(C)CN(c2ccc(C(=O)N3CCCC3CN)cc2[N+](=O)[O-])C1. The Hall–Kier alpha value is -2.15. The highest BCUT2D eigenvalue weighted by atomic mass is 16.6.